The van der Waals surface area contributed by atoms with Crippen molar-refractivity contribution in [3.05, 3.63) is 23.8 Å². The van der Waals surface area contributed by atoms with E-state index in [4.69, 9.17) is 9.47 Å². The second kappa shape index (κ2) is 9.93. The van der Waals surface area contributed by atoms with Crippen LogP contribution in [0.5, 0.6) is 11.5 Å². The van der Waals surface area contributed by atoms with E-state index in [0.29, 0.717) is 6.04 Å². The molecule has 5 heteroatoms. The molecule has 1 aromatic rings. The minimum atomic E-state index is 0. The van der Waals surface area contributed by atoms with Crippen LogP contribution in [0.15, 0.2) is 18.2 Å². The van der Waals surface area contributed by atoms with Crippen molar-refractivity contribution in [1.29, 1.82) is 0 Å². The number of nitrogens with one attached hydrogen (secondary N) is 1. The highest BCUT2D eigenvalue weighted by Gasteiger charge is 2.18. The summed E-state index contributed by atoms with van der Waals surface area (Å²) in [5.74, 6) is 1.68. The maximum absolute atomic E-state index is 5.79. The van der Waals surface area contributed by atoms with E-state index < -0.39 is 0 Å². The second-order valence-electron chi connectivity index (χ2n) is 5.70. The topological polar surface area (TPSA) is 33.7 Å². The Morgan fingerprint density at radius 2 is 2.14 bits per heavy atom. The van der Waals surface area contributed by atoms with Crippen molar-refractivity contribution in [2.45, 2.75) is 38.8 Å². The molecule has 1 heterocycles. The van der Waals surface area contributed by atoms with E-state index in [2.05, 4.69) is 36.3 Å². The number of benzene rings is 1. The molecule has 1 aliphatic rings. The lowest BCUT2D eigenvalue weighted by molar-refractivity contribution is 0.187. The lowest BCUT2D eigenvalue weighted by atomic mass is 10.0. The van der Waals surface area contributed by atoms with Gasteiger partial charge in [0.25, 0.3) is 0 Å². The maximum Gasteiger partial charge on any atom is 0.161 e. The largest absolute Gasteiger partial charge is 0.493 e. The molecule has 4 nitrogen and oxygen atoms in total. The number of methoxy groups -OCH3 is 1. The first kappa shape index (κ1) is 19.1. The van der Waals surface area contributed by atoms with Gasteiger partial charge in [-0.25, -0.2) is 0 Å². The van der Waals surface area contributed by atoms with Crippen molar-refractivity contribution in [3.63, 3.8) is 0 Å². The minimum absolute atomic E-state index is 0. The number of hydrogen-bond acceptors (Lipinski definition) is 4. The summed E-state index contributed by atoms with van der Waals surface area (Å²) in [5, 5.41) is 3.39. The first-order valence-electron chi connectivity index (χ1n) is 7.96. The van der Waals surface area contributed by atoms with Gasteiger partial charge in [-0.3, -0.25) is 4.90 Å². The number of likely N-dealkylation sites (tertiary alicyclic amines) is 1. The summed E-state index contributed by atoms with van der Waals surface area (Å²) in [6, 6.07) is 6.89. The van der Waals surface area contributed by atoms with Crippen LogP contribution in [0, 0.1) is 0 Å². The molecule has 1 unspecified atom stereocenters. The van der Waals surface area contributed by atoms with E-state index >= 15 is 0 Å². The molecule has 1 saturated heterocycles. The van der Waals surface area contributed by atoms with Crippen molar-refractivity contribution in [2.75, 3.05) is 33.9 Å². The quantitative estimate of drug-likeness (QED) is 0.834. The molecule has 1 N–H and O–H groups in total. The number of ether oxygens (including phenoxy) is 2. The van der Waals surface area contributed by atoms with E-state index in [1.54, 1.807) is 7.11 Å². The molecular formula is C17H29ClN2O2. The Balaban J connectivity index is 0.00000242. The summed E-state index contributed by atoms with van der Waals surface area (Å²) >= 11 is 0. The van der Waals surface area contributed by atoms with Crippen molar-refractivity contribution >= 4 is 12.4 Å². The minimum Gasteiger partial charge on any atom is -0.493 e. The molecule has 0 aromatic heterocycles. The molecular weight excluding hydrogens is 300 g/mol. The van der Waals surface area contributed by atoms with Crippen LogP contribution < -0.4 is 14.8 Å². The van der Waals surface area contributed by atoms with Crippen LogP contribution in [0.2, 0.25) is 0 Å². The zero-order valence-electron chi connectivity index (χ0n) is 13.9. The molecule has 22 heavy (non-hydrogen) atoms. The first-order valence-corrected chi connectivity index (χ1v) is 7.96. The molecule has 0 saturated carbocycles. The van der Waals surface area contributed by atoms with Gasteiger partial charge in [-0.05, 0) is 50.6 Å². The summed E-state index contributed by atoms with van der Waals surface area (Å²) in [6.45, 7) is 6.11. The van der Waals surface area contributed by atoms with Gasteiger partial charge in [0.2, 0.25) is 0 Å². The van der Waals surface area contributed by atoms with Crippen LogP contribution >= 0.6 is 12.4 Å². The predicted octanol–water partition coefficient (Wildman–Crippen LogP) is 3.09. The van der Waals surface area contributed by atoms with Crippen LogP contribution in [-0.4, -0.2) is 44.8 Å². The van der Waals surface area contributed by atoms with Gasteiger partial charge in [-0.15, -0.1) is 12.4 Å². The molecule has 0 spiro atoms. The van der Waals surface area contributed by atoms with Gasteiger partial charge < -0.3 is 14.8 Å². The van der Waals surface area contributed by atoms with Crippen molar-refractivity contribution in [1.82, 2.24) is 10.2 Å². The molecule has 1 fully saturated rings. The molecule has 2 rings (SSSR count). The Labute approximate surface area is 140 Å². The normalized spacial score (nSPS) is 18.6. The Morgan fingerprint density at radius 1 is 1.32 bits per heavy atom. The third kappa shape index (κ3) is 5.34. The monoisotopic (exact) mass is 328 g/mol. The van der Waals surface area contributed by atoms with Gasteiger partial charge in [0, 0.05) is 19.1 Å². The van der Waals surface area contributed by atoms with Gasteiger partial charge >= 0.3 is 0 Å². The average Bonchev–Trinajstić information content (AvgIpc) is 2.53. The number of nitrogens with zero attached hydrogens (tertiary/aromatic N) is 1. The lowest BCUT2D eigenvalue weighted by Gasteiger charge is -2.32. The second-order valence-corrected chi connectivity index (χ2v) is 5.70. The zero-order valence-corrected chi connectivity index (χ0v) is 14.7. The van der Waals surface area contributed by atoms with E-state index in [9.17, 15) is 0 Å². The van der Waals surface area contributed by atoms with Gasteiger partial charge in [0.05, 0.1) is 13.7 Å². The number of rotatable bonds is 7. The van der Waals surface area contributed by atoms with Crippen LogP contribution in [0.3, 0.4) is 0 Å². The summed E-state index contributed by atoms with van der Waals surface area (Å²) in [4.78, 5) is 2.51. The first-order chi connectivity index (χ1) is 10.3. The van der Waals surface area contributed by atoms with Crippen LogP contribution in [-0.2, 0) is 6.54 Å². The van der Waals surface area contributed by atoms with Gasteiger partial charge in [-0.1, -0.05) is 13.0 Å². The number of likely N-dealkylation sites (N-methyl/N-ethyl adjacent to an activating group) is 1. The molecule has 1 aromatic carbocycles. The maximum atomic E-state index is 5.79. The molecule has 0 aliphatic carbocycles. The van der Waals surface area contributed by atoms with Crippen molar-refractivity contribution in [3.8, 4) is 11.5 Å². The van der Waals surface area contributed by atoms with Gasteiger partial charge in [0.1, 0.15) is 0 Å². The van der Waals surface area contributed by atoms with Crippen LogP contribution in [0.4, 0.5) is 0 Å². The Kier molecular flexibility index (Phi) is 8.61. The number of halogens is 1. The molecule has 0 bridgehead atoms. The average molecular weight is 329 g/mol. The predicted molar refractivity (Wildman–Crippen MR) is 93.4 cm³/mol. The van der Waals surface area contributed by atoms with Gasteiger partial charge in [0.15, 0.2) is 11.5 Å². The third-order valence-electron chi connectivity index (χ3n) is 4.01. The van der Waals surface area contributed by atoms with Crippen molar-refractivity contribution < 1.29 is 9.47 Å². The lowest BCUT2D eigenvalue weighted by Crippen LogP contribution is -2.43. The Bertz CT molecular complexity index is 443. The Morgan fingerprint density at radius 3 is 2.82 bits per heavy atom. The third-order valence-corrected chi connectivity index (χ3v) is 4.01. The van der Waals surface area contributed by atoms with Crippen LogP contribution in [0.1, 0.15) is 31.7 Å². The van der Waals surface area contributed by atoms with Gasteiger partial charge in [-0.2, -0.15) is 0 Å². The summed E-state index contributed by atoms with van der Waals surface area (Å²) in [6.07, 6.45) is 3.55. The summed E-state index contributed by atoms with van der Waals surface area (Å²) in [7, 11) is 3.74. The molecule has 1 atom stereocenters. The Hall–Kier alpha value is -0.970. The van der Waals surface area contributed by atoms with E-state index in [1.807, 2.05) is 6.07 Å². The molecule has 0 amide bonds. The standard InChI is InChI=1S/C17H28N2O2.ClH/c1-4-10-21-17-11-14(7-8-16(17)20-3)12-19-9-5-6-15(13-19)18-2;/h7-8,11,15,18H,4-6,9-10,12-13H2,1-3H3;1H. The SMILES string of the molecule is CCCOc1cc(CN2CCCC(NC)C2)ccc1OC.Cl. The highest BCUT2D eigenvalue weighted by atomic mass is 35.5. The van der Waals surface area contributed by atoms with Crippen LogP contribution in [0.25, 0.3) is 0 Å². The molecule has 1 aliphatic heterocycles. The molecule has 126 valence electrons. The van der Waals surface area contributed by atoms with E-state index in [1.165, 1.54) is 24.9 Å². The van der Waals surface area contributed by atoms with E-state index in [0.717, 1.165) is 37.6 Å². The smallest absolute Gasteiger partial charge is 0.161 e. The molecule has 0 radical (unpaired) electrons. The van der Waals surface area contributed by atoms with Crippen molar-refractivity contribution in [2.24, 2.45) is 0 Å². The van der Waals surface area contributed by atoms with E-state index in [-0.39, 0.29) is 12.4 Å². The summed E-state index contributed by atoms with van der Waals surface area (Å²) < 4.78 is 11.2. The fourth-order valence-electron chi connectivity index (χ4n) is 2.84. The highest BCUT2D eigenvalue weighted by molar-refractivity contribution is 5.85. The number of piperidine rings is 1. The zero-order chi connectivity index (χ0) is 15.1. The number of hydrogen-bond donors (Lipinski definition) is 1. The fraction of sp³-hybridized carbons (Fsp3) is 0.647. The summed E-state index contributed by atoms with van der Waals surface area (Å²) in [5.41, 5.74) is 1.29. The fourth-order valence-corrected chi connectivity index (χ4v) is 2.84. The highest BCUT2D eigenvalue weighted by Crippen LogP contribution is 2.29.